The van der Waals surface area contributed by atoms with Gasteiger partial charge in [0, 0.05) is 5.69 Å². The molecule has 4 heteroatoms. The van der Waals surface area contributed by atoms with E-state index in [1.807, 2.05) is 86.6 Å². The van der Waals surface area contributed by atoms with Crippen LogP contribution in [-0.4, -0.2) is 12.5 Å². The van der Waals surface area contributed by atoms with E-state index >= 15 is 0 Å². The molecule has 26 heavy (non-hydrogen) atoms. The molecular formula is C22H22N2O2. The Balaban J connectivity index is 1.63. The van der Waals surface area contributed by atoms with Crippen LogP contribution in [0.4, 0.5) is 17.1 Å². The van der Waals surface area contributed by atoms with Gasteiger partial charge in [0.25, 0.3) is 5.91 Å². The van der Waals surface area contributed by atoms with Gasteiger partial charge in [-0.25, -0.2) is 0 Å². The number of anilines is 3. The van der Waals surface area contributed by atoms with Gasteiger partial charge in [0.05, 0.1) is 11.4 Å². The minimum Gasteiger partial charge on any atom is -0.484 e. The number of aryl methyl sites for hydroxylation is 2. The second kappa shape index (κ2) is 8.21. The van der Waals surface area contributed by atoms with Crippen molar-refractivity contribution in [2.24, 2.45) is 0 Å². The van der Waals surface area contributed by atoms with Crippen LogP contribution in [0.25, 0.3) is 0 Å². The fourth-order valence-corrected chi connectivity index (χ4v) is 2.53. The lowest BCUT2D eigenvalue weighted by atomic mass is 10.2. The van der Waals surface area contributed by atoms with Crippen molar-refractivity contribution >= 4 is 23.0 Å². The van der Waals surface area contributed by atoms with Crippen molar-refractivity contribution in [1.82, 2.24) is 0 Å². The second-order valence-corrected chi connectivity index (χ2v) is 6.19. The summed E-state index contributed by atoms with van der Waals surface area (Å²) in [5, 5.41) is 6.23. The average molecular weight is 346 g/mol. The summed E-state index contributed by atoms with van der Waals surface area (Å²) in [5.74, 6) is 0.482. The third kappa shape index (κ3) is 4.86. The van der Waals surface area contributed by atoms with Crippen LogP contribution in [0.1, 0.15) is 11.1 Å². The number of amides is 1. The maximum atomic E-state index is 12.3. The van der Waals surface area contributed by atoms with Crippen molar-refractivity contribution < 1.29 is 9.53 Å². The van der Waals surface area contributed by atoms with Gasteiger partial charge in [0.2, 0.25) is 0 Å². The summed E-state index contributed by atoms with van der Waals surface area (Å²) in [6.07, 6.45) is 0. The Morgan fingerprint density at radius 1 is 0.846 bits per heavy atom. The van der Waals surface area contributed by atoms with E-state index in [1.165, 1.54) is 5.56 Å². The first-order chi connectivity index (χ1) is 12.6. The average Bonchev–Trinajstić information content (AvgIpc) is 2.64. The third-order valence-electron chi connectivity index (χ3n) is 3.89. The fourth-order valence-electron chi connectivity index (χ4n) is 2.53. The van der Waals surface area contributed by atoms with Gasteiger partial charge in [-0.2, -0.15) is 0 Å². The summed E-state index contributed by atoms with van der Waals surface area (Å²) in [5.41, 5.74) is 4.81. The zero-order valence-electron chi connectivity index (χ0n) is 15.0. The summed E-state index contributed by atoms with van der Waals surface area (Å²) >= 11 is 0. The van der Waals surface area contributed by atoms with Crippen molar-refractivity contribution in [2.75, 3.05) is 17.2 Å². The molecule has 0 aliphatic carbocycles. The van der Waals surface area contributed by atoms with Crippen molar-refractivity contribution in [3.8, 4) is 5.75 Å². The summed E-state index contributed by atoms with van der Waals surface area (Å²) in [7, 11) is 0. The fraction of sp³-hybridized carbons (Fsp3) is 0.136. The normalized spacial score (nSPS) is 10.2. The largest absolute Gasteiger partial charge is 0.484 e. The predicted octanol–water partition coefficient (Wildman–Crippen LogP) is 5.06. The van der Waals surface area contributed by atoms with Crippen LogP contribution in [0, 0.1) is 13.8 Å². The van der Waals surface area contributed by atoms with Crippen LogP contribution < -0.4 is 15.4 Å². The van der Waals surface area contributed by atoms with Gasteiger partial charge in [-0.3, -0.25) is 4.79 Å². The van der Waals surface area contributed by atoms with Crippen molar-refractivity contribution in [3.63, 3.8) is 0 Å². The molecule has 3 aromatic carbocycles. The molecule has 2 N–H and O–H groups in total. The van der Waals surface area contributed by atoms with Gasteiger partial charge in [0.15, 0.2) is 6.61 Å². The van der Waals surface area contributed by atoms with Crippen LogP contribution in [0.15, 0.2) is 72.8 Å². The zero-order chi connectivity index (χ0) is 18.4. The van der Waals surface area contributed by atoms with E-state index in [4.69, 9.17) is 4.74 Å². The lowest BCUT2D eigenvalue weighted by Gasteiger charge is -2.14. The highest BCUT2D eigenvalue weighted by Gasteiger charge is 2.08. The second-order valence-electron chi connectivity index (χ2n) is 6.19. The van der Waals surface area contributed by atoms with Gasteiger partial charge in [0.1, 0.15) is 5.75 Å². The number of carbonyl (C=O) groups is 1. The first-order valence-electron chi connectivity index (χ1n) is 8.52. The molecule has 0 fully saturated rings. The number of carbonyl (C=O) groups excluding carboxylic acids is 1. The number of hydrogen-bond acceptors (Lipinski definition) is 3. The first-order valence-corrected chi connectivity index (χ1v) is 8.52. The molecule has 0 bridgehead atoms. The Morgan fingerprint density at radius 3 is 2.31 bits per heavy atom. The van der Waals surface area contributed by atoms with Gasteiger partial charge in [-0.15, -0.1) is 0 Å². The minimum absolute atomic E-state index is 0.0394. The van der Waals surface area contributed by atoms with E-state index in [1.54, 1.807) is 0 Å². The number of nitrogens with one attached hydrogen (secondary N) is 2. The van der Waals surface area contributed by atoms with Crippen LogP contribution in [0.5, 0.6) is 5.75 Å². The molecule has 0 atom stereocenters. The van der Waals surface area contributed by atoms with E-state index in [9.17, 15) is 4.79 Å². The van der Waals surface area contributed by atoms with Gasteiger partial charge in [-0.1, -0.05) is 42.0 Å². The predicted molar refractivity (Wildman–Crippen MR) is 106 cm³/mol. The highest BCUT2D eigenvalue weighted by molar-refractivity contribution is 5.95. The molecule has 0 heterocycles. The van der Waals surface area contributed by atoms with E-state index in [0.717, 1.165) is 16.9 Å². The summed E-state index contributed by atoms with van der Waals surface area (Å²) in [4.78, 5) is 12.3. The molecule has 0 aliphatic heterocycles. The Morgan fingerprint density at radius 2 is 1.58 bits per heavy atom. The van der Waals surface area contributed by atoms with E-state index in [0.29, 0.717) is 11.4 Å². The lowest BCUT2D eigenvalue weighted by Crippen LogP contribution is -2.20. The number of rotatable bonds is 6. The highest BCUT2D eigenvalue weighted by atomic mass is 16.5. The Labute approximate surface area is 153 Å². The van der Waals surface area contributed by atoms with Crippen molar-refractivity contribution in [3.05, 3.63) is 83.9 Å². The quantitative estimate of drug-likeness (QED) is 0.655. The molecule has 4 nitrogen and oxygen atoms in total. The smallest absolute Gasteiger partial charge is 0.262 e. The van der Waals surface area contributed by atoms with Gasteiger partial charge >= 0.3 is 0 Å². The molecule has 0 saturated carbocycles. The van der Waals surface area contributed by atoms with E-state index < -0.39 is 0 Å². The topological polar surface area (TPSA) is 50.4 Å². The van der Waals surface area contributed by atoms with Crippen LogP contribution in [0.2, 0.25) is 0 Å². The standard InChI is InChI=1S/C22H22N2O2/c1-16-10-12-18(13-11-16)23-20-8-3-4-9-21(20)24-22(25)15-26-19-7-5-6-17(2)14-19/h3-14,23H,15H2,1-2H3,(H,24,25). The van der Waals surface area contributed by atoms with Crippen LogP contribution in [-0.2, 0) is 4.79 Å². The summed E-state index contributed by atoms with van der Waals surface area (Å²) < 4.78 is 5.56. The Hall–Kier alpha value is -3.27. The highest BCUT2D eigenvalue weighted by Crippen LogP contribution is 2.25. The number of benzene rings is 3. The van der Waals surface area contributed by atoms with Gasteiger partial charge < -0.3 is 15.4 Å². The van der Waals surface area contributed by atoms with Gasteiger partial charge in [-0.05, 0) is 55.8 Å². The zero-order valence-corrected chi connectivity index (χ0v) is 15.0. The minimum atomic E-state index is -0.204. The van der Waals surface area contributed by atoms with Crippen LogP contribution >= 0.6 is 0 Å². The maximum absolute atomic E-state index is 12.3. The third-order valence-corrected chi connectivity index (χ3v) is 3.89. The Bertz CT molecular complexity index is 889. The molecule has 1 amide bonds. The molecule has 3 rings (SSSR count). The SMILES string of the molecule is Cc1ccc(Nc2ccccc2NC(=O)COc2cccc(C)c2)cc1. The van der Waals surface area contributed by atoms with Crippen LogP contribution in [0.3, 0.4) is 0 Å². The number of ether oxygens (including phenoxy) is 1. The molecular weight excluding hydrogens is 324 g/mol. The maximum Gasteiger partial charge on any atom is 0.262 e. The molecule has 3 aromatic rings. The lowest BCUT2D eigenvalue weighted by molar-refractivity contribution is -0.118. The van der Waals surface area contributed by atoms with E-state index in [-0.39, 0.29) is 12.5 Å². The first kappa shape index (κ1) is 17.5. The summed E-state index contributed by atoms with van der Waals surface area (Å²) in [6.45, 7) is 3.99. The molecule has 0 aliphatic rings. The van der Waals surface area contributed by atoms with Crippen molar-refractivity contribution in [2.45, 2.75) is 13.8 Å². The molecule has 0 aromatic heterocycles. The Kier molecular flexibility index (Phi) is 5.54. The number of para-hydroxylation sites is 2. The molecule has 0 spiro atoms. The number of hydrogen-bond donors (Lipinski definition) is 2. The molecule has 0 radical (unpaired) electrons. The summed E-state index contributed by atoms with van der Waals surface area (Å²) in [6, 6.07) is 23.3. The molecule has 0 unspecified atom stereocenters. The van der Waals surface area contributed by atoms with E-state index in [2.05, 4.69) is 10.6 Å². The molecule has 0 saturated heterocycles. The van der Waals surface area contributed by atoms with Crippen molar-refractivity contribution in [1.29, 1.82) is 0 Å². The monoisotopic (exact) mass is 346 g/mol. The molecule has 132 valence electrons.